The van der Waals surface area contributed by atoms with Crippen LogP contribution in [-0.2, 0) is 4.79 Å². The minimum atomic E-state index is -4.98. The van der Waals surface area contributed by atoms with Gasteiger partial charge in [-0.2, -0.15) is 13.2 Å². The number of alkyl halides is 3. The summed E-state index contributed by atoms with van der Waals surface area (Å²) in [4.78, 5) is 23.0. The number of benzene rings is 2. The van der Waals surface area contributed by atoms with E-state index < -0.39 is 18.0 Å². The largest absolute Gasteiger partial charge is 0.471 e. The van der Waals surface area contributed by atoms with Crippen LogP contribution in [0.5, 0.6) is 0 Å². The zero-order valence-corrected chi connectivity index (χ0v) is 13.0. The van der Waals surface area contributed by atoms with E-state index in [4.69, 9.17) is 0 Å². The Morgan fingerprint density at radius 1 is 0.913 bits per heavy atom. The van der Waals surface area contributed by atoms with Crippen LogP contribution in [0, 0.1) is 0 Å². The van der Waals surface area contributed by atoms with E-state index in [1.807, 2.05) is 0 Å². The summed E-state index contributed by atoms with van der Waals surface area (Å²) in [5.74, 6) is -2.51. The molecular weight excluding hydrogens is 377 g/mol. The van der Waals surface area contributed by atoms with Crippen LogP contribution in [0.15, 0.2) is 53.0 Å². The molecule has 0 unspecified atom stereocenters. The minimum absolute atomic E-state index is 0.0720. The number of carbonyl (C=O) groups is 2. The van der Waals surface area contributed by atoms with Gasteiger partial charge in [-0.3, -0.25) is 9.59 Å². The van der Waals surface area contributed by atoms with Gasteiger partial charge < -0.3 is 10.6 Å². The molecule has 0 aliphatic rings. The Balaban J connectivity index is 2.13. The fourth-order valence-electron chi connectivity index (χ4n) is 1.72. The summed E-state index contributed by atoms with van der Waals surface area (Å²) in [6, 6.07) is 12.1. The van der Waals surface area contributed by atoms with Crippen LogP contribution < -0.4 is 10.6 Å². The maximum Gasteiger partial charge on any atom is 0.471 e. The van der Waals surface area contributed by atoms with Crippen molar-refractivity contribution < 1.29 is 22.8 Å². The fourth-order valence-corrected chi connectivity index (χ4v) is 2.19. The van der Waals surface area contributed by atoms with Crippen LogP contribution in [0.25, 0.3) is 0 Å². The summed E-state index contributed by atoms with van der Waals surface area (Å²) in [5.41, 5.74) is 0.556. The van der Waals surface area contributed by atoms with Gasteiger partial charge >= 0.3 is 12.1 Å². The summed E-state index contributed by atoms with van der Waals surface area (Å²) in [6.45, 7) is 0. The molecule has 120 valence electrons. The van der Waals surface area contributed by atoms with E-state index in [-0.39, 0.29) is 11.4 Å². The molecule has 23 heavy (non-hydrogen) atoms. The predicted molar refractivity (Wildman–Crippen MR) is 83.2 cm³/mol. The first-order valence-electron chi connectivity index (χ1n) is 6.31. The maximum atomic E-state index is 12.2. The third-order valence-corrected chi connectivity index (χ3v) is 3.45. The number of carbonyl (C=O) groups excluding carboxylic acids is 2. The van der Waals surface area contributed by atoms with E-state index in [1.54, 1.807) is 29.6 Å². The lowest BCUT2D eigenvalue weighted by Gasteiger charge is -2.10. The van der Waals surface area contributed by atoms with Crippen molar-refractivity contribution in [1.29, 1.82) is 0 Å². The molecule has 0 saturated heterocycles. The molecule has 0 bridgehead atoms. The van der Waals surface area contributed by atoms with Gasteiger partial charge in [0.15, 0.2) is 0 Å². The Labute approximate surface area is 137 Å². The molecule has 4 nitrogen and oxygen atoms in total. The molecule has 0 atom stereocenters. The molecule has 0 heterocycles. The van der Waals surface area contributed by atoms with E-state index in [1.165, 1.54) is 24.3 Å². The Morgan fingerprint density at radius 2 is 1.52 bits per heavy atom. The molecular formula is C15H10BrF3N2O2. The molecule has 8 heteroatoms. The van der Waals surface area contributed by atoms with E-state index >= 15 is 0 Å². The third-order valence-electron chi connectivity index (χ3n) is 2.75. The number of amides is 2. The van der Waals surface area contributed by atoms with Gasteiger partial charge in [0.25, 0.3) is 5.91 Å². The van der Waals surface area contributed by atoms with Crippen LogP contribution in [0.3, 0.4) is 0 Å². The summed E-state index contributed by atoms with van der Waals surface area (Å²) in [5, 5.41) is 4.27. The number of anilines is 2. The number of hydrogen-bond acceptors (Lipinski definition) is 2. The third kappa shape index (κ3) is 4.56. The number of rotatable bonds is 3. The Kier molecular flexibility index (Phi) is 5.05. The second-order valence-corrected chi connectivity index (χ2v) is 5.32. The zero-order valence-electron chi connectivity index (χ0n) is 11.4. The molecule has 2 N–H and O–H groups in total. The van der Waals surface area contributed by atoms with Gasteiger partial charge in [0.05, 0.1) is 5.56 Å². The summed E-state index contributed by atoms with van der Waals surface area (Å²) in [6.07, 6.45) is -4.98. The zero-order chi connectivity index (χ0) is 17.0. The van der Waals surface area contributed by atoms with Crippen molar-refractivity contribution in [2.45, 2.75) is 6.18 Å². The molecule has 0 saturated carbocycles. The number of halogens is 4. The first kappa shape index (κ1) is 17.0. The van der Waals surface area contributed by atoms with Crippen LogP contribution >= 0.6 is 15.9 Å². The monoisotopic (exact) mass is 386 g/mol. The molecule has 0 aliphatic heterocycles. The second kappa shape index (κ2) is 6.82. The normalized spacial score (nSPS) is 11.0. The standard InChI is InChI=1S/C15H10BrF3N2O2/c16-12-7-2-1-6-11(12)13(22)20-9-4-3-5-10(8-9)21-14(23)15(17,18)19/h1-8H,(H,20,22)(H,21,23). The lowest BCUT2D eigenvalue weighted by molar-refractivity contribution is -0.167. The van der Waals surface area contributed by atoms with Crippen molar-refractivity contribution in [1.82, 2.24) is 0 Å². The minimum Gasteiger partial charge on any atom is -0.322 e. The van der Waals surface area contributed by atoms with E-state index in [2.05, 4.69) is 21.2 Å². The molecule has 0 aliphatic carbocycles. The summed E-state index contributed by atoms with van der Waals surface area (Å²) in [7, 11) is 0. The van der Waals surface area contributed by atoms with Crippen molar-refractivity contribution >= 4 is 39.1 Å². The number of nitrogens with one attached hydrogen (secondary N) is 2. The average Bonchev–Trinajstić information content (AvgIpc) is 2.47. The summed E-state index contributed by atoms with van der Waals surface area (Å²) >= 11 is 3.24. The van der Waals surface area contributed by atoms with Gasteiger partial charge in [0, 0.05) is 15.8 Å². The Hall–Kier alpha value is -2.35. The molecule has 2 aromatic carbocycles. The molecule has 0 spiro atoms. The molecule has 2 rings (SSSR count). The van der Waals surface area contributed by atoms with Crippen molar-refractivity contribution in [2.24, 2.45) is 0 Å². The lowest BCUT2D eigenvalue weighted by Crippen LogP contribution is -2.29. The first-order chi connectivity index (χ1) is 10.8. The van der Waals surface area contributed by atoms with Gasteiger partial charge in [-0.05, 0) is 46.3 Å². The predicted octanol–water partition coefficient (Wildman–Crippen LogP) is 4.20. The van der Waals surface area contributed by atoms with Gasteiger partial charge in [-0.1, -0.05) is 18.2 Å². The van der Waals surface area contributed by atoms with E-state index in [0.717, 1.165) is 0 Å². The number of hydrogen-bond donors (Lipinski definition) is 2. The average molecular weight is 387 g/mol. The van der Waals surface area contributed by atoms with Gasteiger partial charge in [-0.25, -0.2) is 0 Å². The highest BCUT2D eigenvalue weighted by atomic mass is 79.9. The van der Waals surface area contributed by atoms with E-state index in [0.29, 0.717) is 10.0 Å². The van der Waals surface area contributed by atoms with Gasteiger partial charge in [0.2, 0.25) is 0 Å². The first-order valence-corrected chi connectivity index (χ1v) is 7.11. The van der Waals surface area contributed by atoms with Crippen molar-refractivity contribution in [3.8, 4) is 0 Å². The highest BCUT2D eigenvalue weighted by molar-refractivity contribution is 9.10. The second-order valence-electron chi connectivity index (χ2n) is 4.47. The van der Waals surface area contributed by atoms with Crippen LogP contribution in [0.4, 0.5) is 24.5 Å². The Bertz CT molecular complexity index is 747. The van der Waals surface area contributed by atoms with E-state index in [9.17, 15) is 22.8 Å². The molecule has 2 amide bonds. The van der Waals surface area contributed by atoms with Crippen LogP contribution in [0.2, 0.25) is 0 Å². The Morgan fingerprint density at radius 3 is 2.13 bits per heavy atom. The van der Waals surface area contributed by atoms with Crippen molar-refractivity contribution in [3.05, 3.63) is 58.6 Å². The van der Waals surface area contributed by atoms with Crippen LogP contribution in [0.1, 0.15) is 10.4 Å². The highest BCUT2D eigenvalue weighted by Gasteiger charge is 2.38. The smallest absolute Gasteiger partial charge is 0.322 e. The molecule has 2 aromatic rings. The fraction of sp³-hybridized carbons (Fsp3) is 0.0667. The topological polar surface area (TPSA) is 58.2 Å². The molecule has 0 aromatic heterocycles. The molecule has 0 fully saturated rings. The molecule has 0 radical (unpaired) electrons. The van der Waals surface area contributed by atoms with Gasteiger partial charge in [-0.15, -0.1) is 0 Å². The highest BCUT2D eigenvalue weighted by Crippen LogP contribution is 2.22. The lowest BCUT2D eigenvalue weighted by atomic mass is 10.2. The quantitative estimate of drug-likeness (QED) is 0.830. The SMILES string of the molecule is O=C(Nc1cccc(NC(=O)C(F)(F)F)c1)c1ccccc1Br. The van der Waals surface area contributed by atoms with Gasteiger partial charge in [0.1, 0.15) is 0 Å². The summed E-state index contributed by atoms with van der Waals surface area (Å²) < 4.78 is 37.3. The maximum absolute atomic E-state index is 12.2. The van der Waals surface area contributed by atoms with Crippen molar-refractivity contribution in [3.63, 3.8) is 0 Å². The van der Waals surface area contributed by atoms with Crippen molar-refractivity contribution in [2.75, 3.05) is 10.6 Å². The van der Waals surface area contributed by atoms with Crippen LogP contribution in [-0.4, -0.2) is 18.0 Å².